The predicted molar refractivity (Wildman–Crippen MR) is 59.8 cm³/mol. The third-order valence-electron chi connectivity index (χ3n) is 3.43. The number of aliphatic carboxylic acids is 1. The quantitative estimate of drug-likeness (QED) is 0.616. The van der Waals surface area contributed by atoms with Crippen molar-refractivity contribution in [2.24, 2.45) is 11.1 Å². The second-order valence-corrected chi connectivity index (χ2v) is 4.51. The van der Waals surface area contributed by atoms with E-state index in [-0.39, 0.29) is 18.4 Å². The Morgan fingerprint density at radius 2 is 2.12 bits per heavy atom. The SMILES string of the molecule is CCC(CC(=O)O)NC(=O)C1(CN)CCC1. The van der Waals surface area contributed by atoms with E-state index >= 15 is 0 Å². The average Bonchev–Trinajstić information content (AvgIpc) is 2.15. The fraction of sp³-hybridized carbons (Fsp3) is 0.818. The van der Waals surface area contributed by atoms with E-state index in [1.165, 1.54) is 0 Å². The van der Waals surface area contributed by atoms with Crippen LogP contribution in [0.1, 0.15) is 39.0 Å². The largest absolute Gasteiger partial charge is 0.481 e. The van der Waals surface area contributed by atoms with Crippen molar-refractivity contribution in [2.45, 2.75) is 45.1 Å². The summed E-state index contributed by atoms with van der Waals surface area (Å²) in [5, 5.41) is 11.5. The zero-order valence-electron chi connectivity index (χ0n) is 9.66. The Labute approximate surface area is 95.4 Å². The van der Waals surface area contributed by atoms with Crippen LogP contribution in [-0.4, -0.2) is 29.6 Å². The van der Waals surface area contributed by atoms with Crippen LogP contribution in [0.5, 0.6) is 0 Å². The first kappa shape index (κ1) is 13.0. The molecule has 0 aromatic heterocycles. The molecule has 0 heterocycles. The Bertz CT molecular complexity index is 269. The Hall–Kier alpha value is -1.10. The first-order valence-corrected chi connectivity index (χ1v) is 5.77. The lowest BCUT2D eigenvalue weighted by atomic mass is 9.68. The maximum atomic E-state index is 11.9. The highest BCUT2D eigenvalue weighted by molar-refractivity contribution is 5.84. The molecule has 1 unspecified atom stereocenters. The lowest BCUT2D eigenvalue weighted by Crippen LogP contribution is -2.53. The van der Waals surface area contributed by atoms with Gasteiger partial charge in [0.2, 0.25) is 5.91 Å². The van der Waals surface area contributed by atoms with Crippen molar-refractivity contribution in [3.05, 3.63) is 0 Å². The van der Waals surface area contributed by atoms with Crippen molar-refractivity contribution >= 4 is 11.9 Å². The number of carbonyl (C=O) groups is 2. The van der Waals surface area contributed by atoms with Crippen LogP contribution in [0.15, 0.2) is 0 Å². The zero-order chi connectivity index (χ0) is 12.2. The van der Waals surface area contributed by atoms with E-state index in [2.05, 4.69) is 5.32 Å². The summed E-state index contributed by atoms with van der Waals surface area (Å²) in [4.78, 5) is 22.5. The van der Waals surface area contributed by atoms with E-state index < -0.39 is 11.4 Å². The lowest BCUT2D eigenvalue weighted by molar-refractivity contribution is -0.139. The van der Waals surface area contributed by atoms with Crippen LogP contribution in [0.2, 0.25) is 0 Å². The Morgan fingerprint density at radius 3 is 2.44 bits per heavy atom. The highest BCUT2D eigenvalue weighted by Crippen LogP contribution is 2.40. The molecule has 0 saturated heterocycles. The number of rotatable bonds is 6. The van der Waals surface area contributed by atoms with Crippen LogP contribution in [-0.2, 0) is 9.59 Å². The number of amides is 1. The molecule has 5 nitrogen and oxygen atoms in total. The van der Waals surface area contributed by atoms with Crippen LogP contribution >= 0.6 is 0 Å². The van der Waals surface area contributed by atoms with Gasteiger partial charge in [-0.15, -0.1) is 0 Å². The van der Waals surface area contributed by atoms with Crippen LogP contribution < -0.4 is 11.1 Å². The second-order valence-electron chi connectivity index (χ2n) is 4.51. The Kier molecular flexibility index (Phi) is 4.29. The fourth-order valence-corrected chi connectivity index (χ4v) is 1.97. The van der Waals surface area contributed by atoms with Gasteiger partial charge in [0.25, 0.3) is 0 Å². The minimum Gasteiger partial charge on any atom is -0.481 e. The van der Waals surface area contributed by atoms with Crippen LogP contribution in [0, 0.1) is 5.41 Å². The van der Waals surface area contributed by atoms with Crippen molar-refractivity contribution in [1.82, 2.24) is 5.32 Å². The van der Waals surface area contributed by atoms with Gasteiger partial charge in [-0.3, -0.25) is 9.59 Å². The molecule has 1 aliphatic rings. The van der Waals surface area contributed by atoms with Gasteiger partial charge in [-0.2, -0.15) is 0 Å². The molecule has 16 heavy (non-hydrogen) atoms. The molecule has 1 saturated carbocycles. The van der Waals surface area contributed by atoms with Gasteiger partial charge in [-0.05, 0) is 19.3 Å². The van der Waals surface area contributed by atoms with Crippen LogP contribution in [0.3, 0.4) is 0 Å². The van der Waals surface area contributed by atoms with Gasteiger partial charge in [-0.25, -0.2) is 0 Å². The molecule has 1 atom stereocenters. The van der Waals surface area contributed by atoms with E-state index in [4.69, 9.17) is 10.8 Å². The summed E-state index contributed by atoms with van der Waals surface area (Å²) < 4.78 is 0. The average molecular weight is 228 g/mol. The number of hydrogen-bond acceptors (Lipinski definition) is 3. The number of carboxylic acids is 1. The molecule has 1 amide bonds. The fourth-order valence-electron chi connectivity index (χ4n) is 1.97. The molecular weight excluding hydrogens is 208 g/mol. The predicted octanol–water partition coefficient (Wildman–Crippen LogP) is 0.485. The van der Waals surface area contributed by atoms with Crippen molar-refractivity contribution in [3.8, 4) is 0 Å². The maximum Gasteiger partial charge on any atom is 0.305 e. The number of carboxylic acid groups (broad SMARTS) is 1. The standard InChI is InChI=1S/C11H20N2O3/c1-2-8(6-9(14)15)13-10(16)11(7-12)4-3-5-11/h8H,2-7,12H2,1H3,(H,13,16)(H,14,15). The summed E-state index contributed by atoms with van der Waals surface area (Å²) in [6.45, 7) is 2.21. The van der Waals surface area contributed by atoms with E-state index in [0.29, 0.717) is 13.0 Å². The molecule has 1 rings (SSSR count). The number of carbonyl (C=O) groups excluding carboxylic acids is 1. The van der Waals surface area contributed by atoms with Gasteiger partial charge >= 0.3 is 5.97 Å². The highest BCUT2D eigenvalue weighted by atomic mass is 16.4. The molecule has 0 aromatic rings. The normalized spacial score (nSPS) is 19.6. The molecule has 4 N–H and O–H groups in total. The number of nitrogens with one attached hydrogen (secondary N) is 1. The molecule has 0 bridgehead atoms. The third kappa shape index (κ3) is 2.72. The third-order valence-corrected chi connectivity index (χ3v) is 3.43. The minimum atomic E-state index is -0.887. The van der Waals surface area contributed by atoms with Gasteiger partial charge in [0.1, 0.15) is 0 Å². The van der Waals surface area contributed by atoms with Gasteiger partial charge < -0.3 is 16.2 Å². The minimum absolute atomic E-state index is 0.0249. The smallest absolute Gasteiger partial charge is 0.305 e. The zero-order valence-corrected chi connectivity index (χ0v) is 9.66. The Balaban J connectivity index is 2.51. The van der Waals surface area contributed by atoms with E-state index in [0.717, 1.165) is 19.3 Å². The van der Waals surface area contributed by atoms with Gasteiger partial charge in [-0.1, -0.05) is 13.3 Å². The Morgan fingerprint density at radius 1 is 1.50 bits per heavy atom. The monoisotopic (exact) mass is 228 g/mol. The second kappa shape index (κ2) is 5.30. The van der Waals surface area contributed by atoms with Gasteiger partial charge in [0.15, 0.2) is 0 Å². The van der Waals surface area contributed by atoms with Gasteiger partial charge in [0.05, 0.1) is 11.8 Å². The summed E-state index contributed by atoms with van der Waals surface area (Å²) in [5.74, 6) is -0.961. The first-order valence-electron chi connectivity index (χ1n) is 5.77. The molecule has 0 aromatic carbocycles. The van der Waals surface area contributed by atoms with Crippen molar-refractivity contribution in [2.75, 3.05) is 6.54 Å². The summed E-state index contributed by atoms with van der Waals surface area (Å²) in [7, 11) is 0. The van der Waals surface area contributed by atoms with E-state index in [1.807, 2.05) is 6.92 Å². The number of hydrogen-bond donors (Lipinski definition) is 3. The van der Waals surface area contributed by atoms with Crippen LogP contribution in [0.4, 0.5) is 0 Å². The van der Waals surface area contributed by atoms with Crippen LogP contribution in [0.25, 0.3) is 0 Å². The molecular formula is C11H20N2O3. The number of nitrogens with two attached hydrogens (primary N) is 1. The lowest BCUT2D eigenvalue weighted by Gasteiger charge is -2.40. The van der Waals surface area contributed by atoms with Crippen molar-refractivity contribution in [1.29, 1.82) is 0 Å². The molecule has 0 spiro atoms. The molecule has 92 valence electrons. The van der Waals surface area contributed by atoms with Gasteiger partial charge in [0, 0.05) is 12.6 Å². The molecule has 0 radical (unpaired) electrons. The topological polar surface area (TPSA) is 92.4 Å². The molecule has 0 aliphatic heterocycles. The van der Waals surface area contributed by atoms with Crippen molar-refractivity contribution < 1.29 is 14.7 Å². The maximum absolute atomic E-state index is 11.9. The summed E-state index contributed by atoms with van der Waals surface area (Å²) in [6.07, 6.45) is 3.26. The highest BCUT2D eigenvalue weighted by Gasteiger charge is 2.43. The summed E-state index contributed by atoms with van der Waals surface area (Å²) in [6, 6.07) is -0.283. The first-order chi connectivity index (χ1) is 7.54. The van der Waals surface area contributed by atoms with Crippen molar-refractivity contribution in [3.63, 3.8) is 0 Å². The summed E-state index contributed by atoms with van der Waals surface area (Å²) in [5.41, 5.74) is 5.19. The van der Waals surface area contributed by atoms with E-state index in [1.54, 1.807) is 0 Å². The molecule has 1 fully saturated rings. The molecule has 1 aliphatic carbocycles. The van der Waals surface area contributed by atoms with E-state index in [9.17, 15) is 9.59 Å². The molecule has 5 heteroatoms. The summed E-state index contributed by atoms with van der Waals surface area (Å²) >= 11 is 0.